The van der Waals surface area contributed by atoms with Crippen molar-refractivity contribution in [1.82, 2.24) is 5.32 Å². The van der Waals surface area contributed by atoms with E-state index in [1.165, 1.54) is 0 Å². The first-order chi connectivity index (χ1) is 4.13. The van der Waals surface area contributed by atoms with Gasteiger partial charge in [-0.2, -0.15) is 12.6 Å². The first kappa shape index (κ1) is 9.27. The molecule has 0 aromatic rings. The summed E-state index contributed by atoms with van der Waals surface area (Å²) in [7, 11) is 0. The van der Waals surface area contributed by atoms with Crippen LogP contribution in [0.1, 0.15) is 13.8 Å². The van der Waals surface area contributed by atoms with Crippen LogP contribution in [0.4, 0.5) is 0 Å². The Bertz CT molecular complexity index is 56.1. The van der Waals surface area contributed by atoms with Gasteiger partial charge in [0.15, 0.2) is 0 Å². The minimum atomic E-state index is 0.247. The quantitative estimate of drug-likeness (QED) is 0.500. The molecule has 0 amide bonds. The van der Waals surface area contributed by atoms with Gasteiger partial charge in [0.05, 0.1) is 0 Å². The molecular formula is C6H16N2S. The third-order valence-electron chi connectivity index (χ3n) is 0.906. The number of hydrogen-bond donors (Lipinski definition) is 3. The van der Waals surface area contributed by atoms with Crippen LogP contribution < -0.4 is 11.1 Å². The minimum Gasteiger partial charge on any atom is -0.327 e. The Morgan fingerprint density at radius 1 is 1.44 bits per heavy atom. The lowest BCUT2D eigenvalue weighted by molar-refractivity contribution is 0.608. The van der Waals surface area contributed by atoms with Gasteiger partial charge in [-0.3, -0.25) is 0 Å². The molecule has 3 N–H and O–H groups in total. The number of hydrogen-bond acceptors (Lipinski definition) is 3. The van der Waals surface area contributed by atoms with Crippen molar-refractivity contribution in [3.63, 3.8) is 0 Å². The molecule has 0 saturated carbocycles. The van der Waals surface area contributed by atoms with Gasteiger partial charge in [-0.15, -0.1) is 0 Å². The molecule has 2 unspecified atom stereocenters. The molecule has 0 bridgehead atoms. The SMILES string of the molecule is CC(N)CNCC(C)S. The maximum atomic E-state index is 5.49. The van der Waals surface area contributed by atoms with Gasteiger partial charge in [-0.05, 0) is 6.92 Å². The van der Waals surface area contributed by atoms with Crippen molar-refractivity contribution in [3.05, 3.63) is 0 Å². The molecule has 0 rings (SSSR count). The summed E-state index contributed by atoms with van der Waals surface area (Å²) >= 11 is 4.20. The molecule has 0 fully saturated rings. The number of thiol groups is 1. The van der Waals surface area contributed by atoms with Crippen molar-refractivity contribution in [2.24, 2.45) is 5.73 Å². The molecule has 0 radical (unpaired) electrons. The smallest absolute Gasteiger partial charge is 0.0136 e. The molecule has 2 atom stereocenters. The molecule has 0 saturated heterocycles. The summed E-state index contributed by atoms with van der Waals surface area (Å²) < 4.78 is 0. The maximum absolute atomic E-state index is 5.49. The van der Waals surface area contributed by atoms with Gasteiger partial charge in [0.1, 0.15) is 0 Å². The average Bonchev–Trinajstić information content (AvgIpc) is 1.63. The van der Waals surface area contributed by atoms with Crippen LogP contribution in [0.5, 0.6) is 0 Å². The van der Waals surface area contributed by atoms with Crippen molar-refractivity contribution in [2.45, 2.75) is 25.1 Å². The van der Waals surface area contributed by atoms with E-state index in [1.54, 1.807) is 0 Å². The summed E-state index contributed by atoms with van der Waals surface area (Å²) in [4.78, 5) is 0. The first-order valence-corrected chi connectivity index (χ1v) is 3.79. The summed E-state index contributed by atoms with van der Waals surface area (Å²) in [6.07, 6.45) is 0. The third kappa shape index (κ3) is 8.27. The van der Waals surface area contributed by atoms with Gasteiger partial charge in [-0.1, -0.05) is 6.92 Å². The Morgan fingerprint density at radius 2 is 2.00 bits per heavy atom. The van der Waals surface area contributed by atoms with E-state index in [9.17, 15) is 0 Å². The minimum absolute atomic E-state index is 0.247. The van der Waals surface area contributed by atoms with Crippen molar-refractivity contribution < 1.29 is 0 Å². The number of nitrogens with one attached hydrogen (secondary N) is 1. The van der Waals surface area contributed by atoms with Crippen LogP contribution in [0.2, 0.25) is 0 Å². The van der Waals surface area contributed by atoms with Crippen molar-refractivity contribution in [1.29, 1.82) is 0 Å². The second-order valence-electron chi connectivity index (χ2n) is 2.48. The molecule has 0 spiro atoms. The molecule has 0 aromatic heterocycles. The fourth-order valence-corrected chi connectivity index (χ4v) is 0.649. The molecule has 2 nitrogen and oxygen atoms in total. The van der Waals surface area contributed by atoms with E-state index in [0.29, 0.717) is 5.25 Å². The first-order valence-electron chi connectivity index (χ1n) is 3.27. The topological polar surface area (TPSA) is 38.0 Å². The summed E-state index contributed by atoms with van der Waals surface area (Å²) in [6.45, 7) is 5.85. The average molecular weight is 148 g/mol. The molecule has 3 heteroatoms. The summed E-state index contributed by atoms with van der Waals surface area (Å²) in [5.74, 6) is 0. The monoisotopic (exact) mass is 148 g/mol. The Kier molecular flexibility index (Phi) is 5.24. The summed E-state index contributed by atoms with van der Waals surface area (Å²) in [5, 5.41) is 3.60. The number of rotatable bonds is 4. The Labute approximate surface area is 62.6 Å². The van der Waals surface area contributed by atoms with Gasteiger partial charge in [0, 0.05) is 24.4 Å². The van der Waals surface area contributed by atoms with Gasteiger partial charge in [-0.25, -0.2) is 0 Å². The zero-order valence-electron chi connectivity index (χ0n) is 6.09. The van der Waals surface area contributed by atoms with Crippen LogP contribution >= 0.6 is 12.6 Å². The third-order valence-corrected chi connectivity index (χ3v) is 1.09. The molecule has 0 aromatic carbocycles. The predicted molar refractivity (Wildman–Crippen MR) is 45.0 cm³/mol. The van der Waals surface area contributed by atoms with Crippen molar-refractivity contribution in [2.75, 3.05) is 13.1 Å². The van der Waals surface area contributed by atoms with Gasteiger partial charge < -0.3 is 11.1 Å². The highest BCUT2D eigenvalue weighted by Gasteiger charge is 1.94. The summed E-state index contributed by atoms with van der Waals surface area (Å²) in [5.41, 5.74) is 5.49. The normalized spacial score (nSPS) is 17.3. The van der Waals surface area contributed by atoms with Crippen LogP contribution in [0, 0.1) is 0 Å². The van der Waals surface area contributed by atoms with Crippen molar-refractivity contribution >= 4 is 12.6 Å². The number of nitrogens with two attached hydrogens (primary N) is 1. The van der Waals surface area contributed by atoms with E-state index in [2.05, 4.69) is 24.9 Å². The highest BCUT2D eigenvalue weighted by atomic mass is 32.1. The van der Waals surface area contributed by atoms with Crippen LogP contribution in [-0.2, 0) is 0 Å². The maximum Gasteiger partial charge on any atom is 0.0136 e. The summed E-state index contributed by atoms with van der Waals surface area (Å²) in [6, 6.07) is 0.247. The zero-order valence-corrected chi connectivity index (χ0v) is 6.99. The van der Waals surface area contributed by atoms with E-state index in [0.717, 1.165) is 13.1 Å². The van der Waals surface area contributed by atoms with E-state index in [4.69, 9.17) is 5.73 Å². The van der Waals surface area contributed by atoms with E-state index < -0.39 is 0 Å². The van der Waals surface area contributed by atoms with Gasteiger partial charge in [0.25, 0.3) is 0 Å². The molecule has 0 aliphatic carbocycles. The standard InChI is InChI=1S/C6H16N2S/c1-5(7)3-8-4-6(2)9/h5-6,8-9H,3-4,7H2,1-2H3. The highest BCUT2D eigenvalue weighted by Crippen LogP contribution is 1.87. The molecular weight excluding hydrogens is 132 g/mol. The Morgan fingerprint density at radius 3 is 2.33 bits per heavy atom. The molecule has 0 aliphatic rings. The zero-order chi connectivity index (χ0) is 7.28. The second kappa shape index (κ2) is 5.09. The Balaban J connectivity index is 2.91. The predicted octanol–water partition coefficient (Wildman–Crippen LogP) is 0.242. The van der Waals surface area contributed by atoms with Crippen LogP contribution in [0.15, 0.2) is 0 Å². The molecule has 56 valence electrons. The molecule has 0 heterocycles. The van der Waals surface area contributed by atoms with E-state index in [1.807, 2.05) is 6.92 Å². The van der Waals surface area contributed by atoms with Gasteiger partial charge in [0.2, 0.25) is 0 Å². The Hall–Kier alpha value is 0.270. The van der Waals surface area contributed by atoms with Gasteiger partial charge >= 0.3 is 0 Å². The largest absolute Gasteiger partial charge is 0.327 e. The lowest BCUT2D eigenvalue weighted by Crippen LogP contribution is -2.33. The second-order valence-corrected chi connectivity index (χ2v) is 3.37. The fourth-order valence-electron chi connectivity index (χ4n) is 0.520. The highest BCUT2D eigenvalue weighted by molar-refractivity contribution is 7.80. The fraction of sp³-hybridized carbons (Fsp3) is 1.00. The van der Waals surface area contributed by atoms with Crippen LogP contribution in [0.3, 0.4) is 0 Å². The van der Waals surface area contributed by atoms with E-state index in [-0.39, 0.29) is 6.04 Å². The lowest BCUT2D eigenvalue weighted by atomic mass is 10.3. The van der Waals surface area contributed by atoms with E-state index >= 15 is 0 Å². The lowest BCUT2D eigenvalue weighted by Gasteiger charge is -2.08. The molecule has 9 heavy (non-hydrogen) atoms. The van der Waals surface area contributed by atoms with Crippen LogP contribution in [0.25, 0.3) is 0 Å². The van der Waals surface area contributed by atoms with Crippen molar-refractivity contribution in [3.8, 4) is 0 Å². The molecule has 0 aliphatic heterocycles. The van der Waals surface area contributed by atoms with Crippen LogP contribution in [-0.4, -0.2) is 24.4 Å².